The van der Waals surface area contributed by atoms with E-state index in [4.69, 9.17) is 17.3 Å². The lowest BCUT2D eigenvalue weighted by atomic mass is 10.2. The number of hydrogen-bond acceptors (Lipinski definition) is 5. The molecule has 0 aliphatic rings. The first kappa shape index (κ1) is 12.3. The molecule has 2 heterocycles. The zero-order valence-corrected chi connectivity index (χ0v) is 11.6. The Morgan fingerprint density at radius 3 is 3.00 bits per heavy atom. The number of benzene rings is 1. The lowest BCUT2D eigenvalue weighted by molar-refractivity contribution is 1.03. The number of aryl methyl sites for hydroxylation is 1. The third-order valence-electron chi connectivity index (χ3n) is 2.56. The molecule has 19 heavy (non-hydrogen) atoms. The van der Waals surface area contributed by atoms with E-state index in [0.717, 1.165) is 16.2 Å². The second-order valence-corrected chi connectivity index (χ2v) is 5.38. The van der Waals surface area contributed by atoms with Gasteiger partial charge in [-0.2, -0.15) is 0 Å². The molecule has 3 rings (SSSR count). The zero-order valence-electron chi connectivity index (χ0n) is 10.0. The maximum Gasteiger partial charge on any atom is 0.223 e. The molecule has 0 spiro atoms. The van der Waals surface area contributed by atoms with Crippen LogP contribution in [0.4, 0.5) is 5.69 Å². The van der Waals surface area contributed by atoms with Gasteiger partial charge >= 0.3 is 0 Å². The maximum atomic E-state index is 5.81. The fourth-order valence-corrected chi connectivity index (χ4v) is 2.65. The largest absolute Gasteiger partial charge is 0.395 e. The molecule has 0 aliphatic carbocycles. The van der Waals surface area contributed by atoms with E-state index >= 15 is 0 Å². The summed E-state index contributed by atoms with van der Waals surface area (Å²) in [5.41, 5.74) is 9.36. The summed E-state index contributed by atoms with van der Waals surface area (Å²) >= 11 is 7.09. The van der Waals surface area contributed by atoms with Gasteiger partial charge in [0.2, 0.25) is 5.28 Å². The number of rotatable bonds is 2. The Morgan fingerprint density at radius 2 is 2.16 bits per heavy atom. The van der Waals surface area contributed by atoms with Crippen molar-refractivity contribution in [3.05, 3.63) is 35.2 Å². The fourth-order valence-electron chi connectivity index (χ4n) is 1.68. The molecule has 0 saturated carbocycles. The number of aromatic nitrogens is 4. The van der Waals surface area contributed by atoms with Crippen LogP contribution >= 0.6 is 23.4 Å². The van der Waals surface area contributed by atoms with Crippen molar-refractivity contribution in [2.24, 2.45) is 0 Å². The van der Waals surface area contributed by atoms with Crippen molar-refractivity contribution in [3.63, 3.8) is 0 Å². The summed E-state index contributed by atoms with van der Waals surface area (Å²) in [7, 11) is 0. The van der Waals surface area contributed by atoms with Crippen molar-refractivity contribution in [1.29, 1.82) is 0 Å². The molecule has 96 valence electrons. The van der Waals surface area contributed by atoms with E-state index in [9.17, 15) is 0 Å². The van der Waals surface area contributed by atoms with Crippen LogP contribution in [0.15, 0.2) is 34.6 Å². The maximum absolute atomic E-state index is 5.81. The number of imidazole rings is 1. The summed E-state index contributed by atoms with van der Waals surface area (Å²) in [4.78, 5) is 15.6. The van der Waals surface area contributed by atoms with Crippen molar-refractivity contribution in [2.45, 2.75) is 17.1 Å². The Kier molecular flexibility index (Phi) is 3.04. The highest BCUT2D eigenvalue weighted by molar-refractivity contribution is 7.99. The minimum absolute atomic E-state index is 0.170. The molecule has 1 aromatic carbocycles. The van der Waals surface area contributed by atoms with Crippen LogP contribution < -0.4 is 5.73 Å². The average Bonchev–Trinajstić information content (AvgIpc) is 2.75. The molecular formula is C12H10ClN5S. The van der Waals surface area contributed by atoms with Crippen molar-refractivity contribution < 1.29 is 0 Å². The number of H-pyrrole nitrogens is 1. The van der Waals surface area contributed by atoms with E-state index in [-0.39, 0.29) is 5.28 Å². The molecule has 0 aliphatic heterocycles. The Labute approximate surface area is 118 Å². The Hall–Kier alpha value is -1.79. The van der Waals surface area contributed by atoms with Crippen LogP contribution in [0, 0.1) is 6.92 Å². The molecule has 3 N–H and O–H groups in total. The standard InChI is InChI=1S/C12H10ClN5S/c1-6-2-3-8-9(4-6)17-12(16-8)19-10-7(14)5-15-11(13)18-10/h2-5H,14H2,1H3,(H,16,17). The molecule has 0 saturated heterocycles. The van der Waals surface area contributed by atoms with Gasteiger partial charge in [0.25, 0.3) is 0 Å². The third kappa shape index (κ3) is 2.50. The first-order valence-electron chi connectivity index (χ1n) is 5.54. The Balaban J connectivity index is 1.98. The van der Waals surface area contributed by atoms with Gasteiger partial charge < -0.3 is 10.7 Å². The van der Waals surface area contributed by atoms with Crippen LogP contribution in [-0.4, -0.2) is 19.9 Å². The highest BCUT2D eigenvalue weighted by Crippen LogP contribution is 2.30. The SMILES string of the molecule is Cc1ccc2nc(Sc3nc(Cl)ncc3N)[nH]c2c1. The second kappa shape index (κ2) is 4.71. The van der Waals surface area contributed by atoms with Crippen LogP contribution in [0.1, 0.15) is 5.56 Å². The molecule has 3 aromatic rings. The van der Waals surface area contributed by atoms with Gasteiger partial charge in [0.05, 0.1) is 22.9 Å². The monoisotopic (exact) mass is 291 g/mol. The van der Waals surface area contributed by atoms with Gasteiger partial charge in [0.1, 0.15) is 5.03 Å². The van der Waals surface area contributed by atoms with Crippen LogP contribution in [0.2, 0.25) is 5.28 Å². The smallest absolute Gasteiger partial charge is 0.223 e. The van der Waals surface area contributed by atoms with Crippen LogP contribution in [0.3, 0.4) is 0 Å². The molecule has 0 amide bonds. The van der Waals surface area contributed by atoms with Gasteiger partial charge in [-0.1, -0.05) is 6.07 Å². The number of nitrogens with two attached hydrogens (primary N) is 1. The number of halogens is 1. The first-order chi connectivity index (χ1) is 9.11. The zero-order chi connectivity index (χ0) is 13.4. The van der Waals surface area contributed by atoms with Crippen LogP contribution in [0.25, 0.3) is 11.0 Å². The number of nitrogens with zero attached hydrogens (tertiary/aromatic N) is 3. The van der Waals surface area contributed by atoms with Gasteiger partial charge in [-0.3, -0.25) is 0 Å². The van der Waals surface area contributed by atoms with Crippen molar-refractivity contribution in [2.75, 3.05) is 5.73 Å². The van der Waals surface area contributed by atoms with E-state index in [1.165, 1.54) is 23.5 Å². The van der Waals surface area contributed by atoms with Gasteiger partial charge in [0.15, 0.2) is 5.16 Å². The van der Waals surface area contributed by atoms with E-state index in [2.05, 4.69) is 19.9 Å². The minimum atomic E-state index is 0.170. The number of fused-ring (bicyclic) bond motifs is 1. The summed E-state index contributed by atoms with van der Waals surface area (Å²) in [5.74, 6) is 0. The van der Waals surface area contributed by atoms with E-state index < -0.39 is 0 Å². The number of nitrogen functional groups attached to an aromatic ring is 1. The summed E-state index contributed by atoms with van der Waals surface area (Å²) in [5, 5.41) is 1.49. The van der Waals surface area contributed by atoms with Gasteiger partial charge in [-0.05, 0) is 48.0 Å². The fraction of sp³-hybridized carbons (Fsp3) is 0.0833. The number of anilines is 1. The van der Waals surface area contributed by atoms with E-state index in [1.54, 1.807) is 0 Å². The highest BCUT2D eigenvalue weighted by atomic mass is 35.5. The predicted molar refractivity (Wildman–Crippen MR) is 76.4 cm³/mol. The molecule has 5 nitrogen and oxygen atoms in total. The number of aromatic amines is 1. The summed E-state index contributed by atoms with van der Waals surface area (Å²) in [6.45, 7) is 2.04. The summed E-state index contributed by atoms with van der Waals surface area (Å²) in [6.07, 6.45) is 1.49. The number of nitrogens with one attached hydrogen (secondary N) is 1. The van der Waals surface area contributed by atoms with Crippen molar-refractivity contribution in [1.82, 2.24) is 19.9 Å². The molecule has 0 atom stereocenters. The Bertz CT molecular complexity index is 755. The van der Waals surface area contributed by atoms with Gasteiger partial charge in [-0.25, -0.2) is 15.0 Å². The molecule has 2 aromatic heterocycles. The van der Waals surface area contributed by atoms with Gasteiger partial charge in [-0.15, -0.1) is 0 Å². The molecular weight excluding hydrogens is 282 g/mol. The molecule has 7 heteroatoms. The molecule has 0 fully saturated rings. The van der Waals surface area contributed by atoms with Gasteiger partial charge in [0, 0.05) is 0 Å². The van der Waals surface area contributed by atoms with Crippen LogP contribution in [0.5, 0.6) is 0 Å². The number of hydrogen-bond donors (Lipinski definition) is 2. The molecule has 0 unspecified atom stereocenters. The summed E-state index contributed by atoms with van der Waals surface area (Å²) < 4.78 is 0. The second-order valence-electron chi connectivity index (χ2n) is 4.06. The third-order valence-corrected chi connectivity index (χ3v) is 3.65. The Morgan fingerprint density at radius 1 is 1.32 bits per heavy atom. The predicted octanol–water partition coefficient (Wildman–Crippen LogP) is 3.05. The van der Waals surface area contributed by atoms with Crippen molar-refractivity contribution in [3.8, 4) is 0 Å². The molecule has 0 bridgehead atoms. The highest BCUT2D eigenvalue weighted by Gasteiger charge is 2.09. The van der Waals surface area contributed by atoms with Crippen LogP contribution in [-0.2, 0) is 0 Å². The lowest BCUT2D eigenvalue weighted by Crippen LogP contribution is -1.94. The molecule has 0 radical (unpaired) electrons. The van der Waals surface area contributed by atoms with E-state index in [1.807, 2.05) is 25.1 Å². The average molecular weight is 292 g/mol. The lowest BCUT2D eigenvalue weighted by Gasteiger charge is -2.00. The minimum Gasteiger partial charge on any atom is -0.395 e. The topological polar surface area (TPSA) is 80.5 Å². The summed E-state index contributed by atoms with van der Waals surface area (Å²) in [6, 6.07) is 6.04. The normalized spacial score (nSPS) is 11.1. The van der Waals surface area contributed by atoms with Crippen molar-refractivity contribution >= 4 is 40.1 Å². The van der Waals surface area contributed by atoms with E-state index in [0.29, 0.717) is 10.7 Å². The first-order valence-corrected chi connectivity index (χ1v) is 6.73. The quantitative estimate of drug-likeness (QED) is 0.560.